The van der Waals surface area contributed by atoms with Gasteiger partial charge >= 0.3 is 0 Å². The zero-order valence-corrected chi connectivity index (χ0v) is 15.2. The fourth-order valence-corrected chi connectivity index (χ4v) is 4.19. The van der Waals surface area contributed by atoms with Crippen molar-refractivity contribution in [2.24, 2.45) is 0 Å². The van der Waals surface area contributed by atoms with E-state index in [1.807, 2.05) is 23.1 Å². The number of carbonyl (C=O) groups excluding carboxylic acids is 1. The van der Waals surface area contributed by atoms with Gasteiger partial charge < -0.3 is 4.90 Å². The maximum absolute atomic E-state index is 12.5. The third-order valence-corrected chi connectivity index (χ3v) is 5.41. The van der Waals surface area contributed by atoms with Crippen molar-refractivity contribution in [3.8, 4) is 0 Å². The largest absolute Gasteiger partial charge is 0.307 e. The topological polar surface area (TPSA) is 20.3 Å². The van der Waals surface area contributed by atoms with Gasteiger partial charge in [-0.1, -0.05) is 61.0 Å². The molecule has 0 aromatic heterocycles. The fourth-order valence-electron chi connectivity index (χ4n) is 4.01. The first kappa shape index (κ1) is 16.2. The maximum atomic E-state index is 12.5. The van der Waals surface area contributed by atoms with Gasteiger partial charge in [0, 0.05) is 23.3 Å². The van der Waals surface area contributed by atoms with Crippen LogP contribution in [0.3, 0.4) is 0 Å². The van der Waals surface area contributed by atoms with Crippen molar-refractivity contribution in [3.63, 3.8) is 0 Å². The Kier molecular flexibility index (Phi) is 4.01. The summed E-state index contributed by atoms with van der Waals surface area (Å²) in [6.45, 7) is 4.42. The quantitative estimate of drug-likeness (QED) is 0.535. The van der Waals surface area contributed by atoms with Crippen LogP contribution >= 0.6 is 11.6 Å². The van der Waals surface area contributed by atoms with Crippen molar-refractivity contribution in [3.05, 3.63) is 76.3 Å². The third-order valence-electron chi connectivity index (χ3n) is 5.18. The van der Waals surface area contributed by atoms with Gasteiger partial charge in [-0.25, -0.2) is 0 Å². The number of fused-ring (bicyclic) bond motifs is 4. The summed E-state index contributed by atoms with van der Waals surface area (Å²) in [6, 6.07) is 18.7. The van der Waals surface area contributed by atoms with Crippen LogP contribution in [0.5, 0.6) is 0 Å². The molecule has 1 atom stereocenters. The molecule has 1 amide bonds. The molecule has 0 spiro atoms. The molecule has 25 heavy (non-hydrogen) atoms. The van der Waals surface area contributed by atoms with Gasteiger partial charge in [-0.05, 0) is 40.6 Å². The van der Waals surface area contributed by atoms with E-state index in [1.54, 1.807) is 6.92 Å². The molecule has 1 heterocycles. The summed E-state index contributed by atoms with van der Waals surface area (Å²) in [5, 5.41) is 3.04. The molecule has 3 aromatic carbocycles. The number of hydrogen-bond acceptors (Lipinski definition) is 1. The van der Waals surface area contributed by atoms with Crippen LogP contribution in [0.4, 0.5) is 5.69 Å². The molecule has 0 saturated carbocycles. The summed E-state index contributed by atoms with van der Waals surface area (Å²) in [4.78, 5) is 14.4. The minimum Gasteiger partial charge on any atom is -0.307 e. The van der Waals surface area contributed by atoms with E-state index in [1.165, 1.54) is 16.7 Å². The van der Waals surface area contributed by atoms with E-state index in [9.17, 15) is 4.79 Å². The van der Waals surface area contributed by atoms with Crippen LogP contribution in [0.15, 0.2) is 54.6 Å². The van der Waals surface area contributed by atoms with Gasteiger partial charge in [0.1, 0.15) is 0 Å². The van der Waals surface area contributed by atoms with E-state index in [-0.39, 0.29) is 11.8 Å². The van der Waals surface area contributed by atoms with Crippen molar-refractivity contribution in [1.29, 1.82) is 0 Å². The Bertz CT molecular complexity index is 979. The second-order valence-corrected chi connectivity index (χ2v) is 7.07. The van der Waals surface area contributed by atoms with Gasteiger partial charge in [-0.15, -0.1) is 0 Å². The highest BCUT2D eigenvalue weighted by atomic mass is 35.5. The second kappa shape index (κ2) is 6.20. The zero-order chi connectivity index (χ0) is 17.6. The summed E-state index contributed by atoms with van der Waals surface area (Å²) >= 11 is 6.29. The smallest absolute Gasteiger partial charge is 0.224 e. The molecule has 3 heteroatoms. The Morgan fingerprint density at radius 3 is 2.68 bits per heavy atom. The molecule has 2 nitrogen and oxygen atoms in total. The van der Waals surface area contributed by atoms with Gasteiger partial charge in [0.25, 0.3) is 0 Å². The highest BCUT2D eigenvalue weighted by Crippen LogP contribution is 2.44. The van der Waals surface area contributed by atoms with Crippen LogP contribution in [0.1, 0.15) is 42.9 Å². The van der Waals surface area contributed by atoms with E-state index in [2.05, 4.69) is 43.3 Å². The zero-order valence-electron chi connectivity index (χ0n) is 14.4. The minimum atomic E-state index is 0.0651. The minimum absolute atomic E-state index is 0.0651. The molecule has 4 rings (SSSR count). The second-order valence-electron chi connectivity index (χ2n) is 6.63. The molecule has 0 unspecified atom stereocenters. The summed E-state index contributed by atoms with van der Waals surface area (Å²) in [6.07, 6.45) is 0.963. The van der Waals surface area contributed by atoms with Crippen molar-refractivity contribution in [1.82, 2.24) is 0 Å². The van der Waals surface area contributed by atoms with Crippen LogP contribution in [0.25, 0.3) is 10.8 Å². The first-order chi connectivity index (χ1) is 12.1. The molecule has 0 bridgehead atoms. The number of nitrogens with zero attached hydrogens (tertiary/aromatic N) is 1. The number of anilines is 1. The predicted octanol–water partition coefficient (Wildman–Crippen LogP) is 5.90. The molecule has 0 fully saturated rings. The molecular weight excluding hydrogens is 330 g/mol. The van der Waals surface area contributed by atoms with Gasteiger partial charge in [0.15, 0.2) is 0 Å². The molecule has 0 aliphatic carbocycles. The fraction of sp³-hybridized carbons (Fsp3) is 0.227. The molecule has 126 valence electrons. The Labute approximate surface area is 153 Å². The van der Waals surface area contributed by atoms with Crippen LogP contribution in [0.2, 0.25) is 5.02 Å². The molecular formula is C22H20ClNO. The van der Waals surface area contributed by atoms with Crippen molar-refractivity contribution in [2.75, 3.05) is 4.90 Å². The average Bonchev–Trinajstić information content (AvgIpc) is 2.75. The lowest BCUT2D eigenvalue weighted by atomic mass is 9.85. The summed E-state index contributed by atoms with van der Waals surface area (Å²) in [7, 11) is 0. The summed E-state index contributed by atoms with van der Waals surface area (Å²) in [5.74, 6) is 0.299. The SMILES string of the molecule is CC[C@H]1c2cc(Cl)ccc2CN(C(C)=O)c2c1ccc1ccccc21. The Balaban J connectivity index is 2.08. The number of benzene rings is 3. The normalized spacial score (nSPS) is 16.3. The number of halogens is 1. The van der Waals surface area contributed by atoms with Crippen LogP contribution in [-0.2, 0) is 11.3 Å². The number of rotatable bonds is 1. The van der Waals surface area contributed by atoms with E-state index in [4.69, 9.17) is 11.6 Å². The molecule has 0 saturated heterocycles. The lowest BCUT2D eigenvalue weighted by Crippen LogP contribution is -2.28. The van der Waals surface area contributed by atoms with E-state index in [0.717, 1.165) is 27.9 Å². The van der Waals surface area contributed by atoms with Crippen LogP contribution in [0, 0.1) is 0 Å². The Morgan fingerprint density at radius 2 is 1.92 bits per heavy atom. The standard InChI is InChI=1S/C22H20ClNO/c1-3-18-20-11-9-15-6-4-5-7-19(15)22(20)24(14(2)25)13-16-8-10-17(23)12-21(16)18/h4-12,18H,3,13H2,1-2H3/t18-/m1/s1. The monoisotopic (exact) mass is 349 g/mol. The van der Waals surface area contributed by atoms with Crippen molar-refractivity contribution >= 4 is 34.0 Å². The van der Waals surface area contributed by atoms with E-state index >= 15 is 0 Å². The van der Waals surface area contributed by atoms with Gasteiger partial charge in [-0.2, -0.15) is 0 Å². The first-order valence-electron chi connectivity index (χ1n) is 8.68. The average molecular weight is 350 g/mol. The summed E-state index contributed by atoms with van der Waals surface area (Å²) < 4.78 is 0. The van der Waals surface area contributed by atoms with Crippen molar-refractivity contribution < 1.29 is 4.79 Å². The lowest BCUT2D eigenvalue weighted by molar-refractivity contribution is -0.116. The van der Waals surface area contributed by atoms with Crippen LogP contribution in [-0.4, -0.2) is 5.91 Å². The lowest BCUT2D eigenvalue weighted by Gasteiger charge is -2.25. The Morgan fingerprint density at radius 1 is 1.12 bits per heavy atom. The summed E-state index contributed by atoms with van der Waals surface area (Å²) in [5.41, 5.74) is 4.66. The van der Waals surface area contributed by atoms with Gasteiger partial charge in [-0.3, -0.25) is 4.79 Å². The first-order valence-corrected chi connectivity index (χ1v) is 9.06. The number of amides is 1. The number of carbonyl (C=O) groups is 1. The highest BCUT2D eigenvalue weighted by molar-refractivity contribution is 6.30. The molecule has 1 aliphatic rings. The molecule has 1 aliphatic heterocycles. The van der Waals surface area contributed by atoms with Crippen molar-refractivity contribution in [2.45, 2.75) is 32.7 Å². The Hall–Kier alpha value is -2.32. The number of hydrogen-bond donors (Lipinski definition) is 0. The van der Waals surface area contributed by atoms with E-state index < -0.39 is 0 Å². The predicted molar refractivity (Wildman–Crippen MR) is 104 cm³/mol. The van der Waals surface area contributed by atoms with Crippen LogP contribution < -0.4 is 4.90 Å². The van der Waals surface area contributed by atoms with Gasteiger partial charge in [0.2, 0.25) is 5.91 Å². The molecule has 3 aromatic rings. The maximum Gasteiger partial charge on any atom is 0.224 e. The third kappa shape index (κ3) is 2.61. The van der Waals surface area contributed by atoms with E-state index in [0.29, 0.717) is 6.54 Å². The molecule has 0 radical (unpaired) electrons. The molecule has 0 N–H and O–H groups in total. The highest BCUT2D eigenvalue weighted by Gasteiger charge is 2.29. The van der Waals surface area contributed by atoms with Gasteiger partial charge in [0.05, 0.1) is 12.2 Å².